The van der Waals surface area contributed by atoms with Gasteiger partial charge in [0.2, 0.25) is 0 Å². The van der Waals surface area contributed by atoms with E-state index in [0.717, 1.165) is 45.6 Å². The summed E-state index contributed by atoms with van der Waals surface area (Å²) in [7, 11) is 0. The second kappa shape index (κ2) is 13.7. The summed E-state index contributed by atoms with van der Waals surface area (Å²) in [4.78, 5) is 39.1. The van der Waals surface area contributed by atoms with Gasteiger partial charge in [-0.2, -0.15) is 5.26 Å². The number of ether oxygens (including phenoxy) is 1. The number of aromatic nitrogens is 3. The highest BCUT2D eigenvalue weighted by molar-refractivity contribution is 7.22. The number of esters is 1. The molecule has 1 fully saturated rings. The van der Waals surface area contributed by atoms with Gasteiger partial charge in [0.15, 0.2) is 10.8 Å². The highest BCUT2D eigenvalue weighted by Crippen LogP contribution is 2.35. The third-order valence-electron chi connectivity index (χ3n) is 9.77. The van der Waals surface area contributed by atoms with E-state index in [0.29, 0.717) is 46.8 Å². The highest BCUT2D eigenvalue weighted by Gasteiger charge is 2.29. The first-order valence-corrected chi connectivity index (χ1v) is 18.3. The van der Waals surface area contributed by atoms with Gasteiger partial charge in [-0.15, -0.1) is 0 Å². The van der Waals surface area contributed by atoms with Gasteiger partial charge in [-0.3, -0.25) is 10.1 Å². The van der Waals surface area contributed by atoms with Crippen LogP contribution in [0.2, 0.25) is 0 Å². The topological polar surface area (TPSA) is 113 Å². The number of fused-ring (bicyclic) bond motifs is 2. The molecule has 1 aliphatic carbocycles. The molecule has 1 N–H and O–H groups in total. The average molecular weight is 687 g/mol. The van der Waals surface area contributed by atoms with Gasteiger partial charge in [0.05, 0.1) is 10.2 Å². The molecule has 0 bridgehead atoms. The van der Waals surface area contributed by atoms with E-state index in [2.05, 4.69) is 31.9 Å². The van der Waals surface area contributed by atoms with Crippen LogP contribution < -0.4 is 10.2 Å². The van der Waals surface area contributed by atoms with Crippen LogP contribution in [0.5, 0.6) is 0 Å². The summed E-state index contributed by atoms with van der Waals surface area (Å²) >= 11 is 1.45. The minimum Gasteiger partial charge on any atom is -0.455 e. The van der Waals surface area contributed by atoms with E-state index >= 15 is 0 Å². The Hall–Kier alpha value is -5.01. The lowest BCUT2D eigenvalue weighted by Gasteiger charge is -2.31. The van der Waals surface area contributed by atoms with E-state index < -0.39 is 11.6 Å². The number of nitrogens with one attached hydrogen (secondary N) is 1. The first kappa shape index (κ1) is 33.5. The van der Waals surface area contributed by atoms with Crippen LogP contribution in [0.4, 0.5) is 10.9 Å². The summed E-state index contributed by atoms with van der Waals surface area (Å²) < 4.78 is 9.01. The Bertz CT molecular complexity index is 2100. The fraction of sp³-hybridized carbons (Fsp3) is 0.375. The molecule has 0 radical (unpaired) electrons. The summed E-state index contributed by atoms with van der Waals surface area (Å²) in [5, 5.41) is 13.7. The largest absolute Gasteiger partial charge is 0.455 e. The van der Waals surface area contributed by atoms with Gasteiger partial charge < -0.3 is 14.2 Å². The number of para-hydroxylation sites is 1. The molecule has 5 aromatic rings. The molecule has 2 aromatic carbocycles. The maximum Gasteiger partial charge on any atom is 0.358 e. The summed E-state index contributed by atoms with van der Waals surface area (Å²) in [6.07, 6.45) is 6.78. The Morgan fingerprint density at radius 1 is 1.02 bits per heavy atom. The minimum absolute atomic E-state index is 0.206. The van der Waals surface area contributed by atoms with Crippen LogP contribution in [-0.4, -0.2) is 38.6 Å². The second-order valence-electron chi connectivity index (χ2n) is 14.4. The zero-order chi connectivity index (χ0) is 35.0. The SMILES string of the molecule is Cc1c(-c2ccc(N3CCc4cccc(C(=O)Nc5nc6ccccc6s5)c4C3)nc2C(=O)OC(C)(C)C)cc(C#N)n1CC1CCCCC1. The lowest BCUT2D eigenvalue weighted by atomic mass is 9.89. The van der Waals surface area contributed by atoms with Crippen LogP contribution in [0.1, 0.15) is 96.2 Å². The molecule has 50 heavy (non-hydrogen) atoms. The molecule has 4 heterocycles. The number of carbonyl (C=O) groups excluding carboxylic acids is 2. The molecule has 0 atom stereocenters. The number of nitriles is 1. The van der Waals surface area contributed by atoms with Crippen molar-refractivity contribution in [2.45, 2.75) is 84.9 Å². The Balaban J connectivity index is 1.21. The lowest BCUT2D eigenvalue weighted by molar-refractivity contribution is 0.00638. The van der Waals surface area contributed by atoms with Crippen LogP contribution in [0.25, 0.3) is 21.3 Å². The van der Waals surface area contributed by atoms with Crippen LogP contribution >= 0.6 is 11.3 Å². The van der Waals surface area contributed by atoms with Gasteiger partial charge in [-0.25, -0.2) is 14.8 Å². The molecule has 0 spiro atoms. The first-order chi connectivity index (χ1) is 24.1. The lowest BCUT2D eigenvalue weighted by Crippen LogP contribution is -2.33. The predicted molar refractivity (Wildman–Crippen MR) is 198 cm³/mol. The van der Waals surface area contributed by atoms with Gasteiger partial charge in [0.1, 0.15) is 23.2 Å². The highest BCUT2D eigenvalue weighted by atomic mass is 32.1. The molecule has 1 saturated carbocycles. The monoisotopic (exact) mass is 686 g/mol. The third-order valence-corrected chi connectivity index (χ3v) is 10.7. The Morgan fingerprint density at radius 2 is 1.82 bits per heavy atom. The predicted octanol–water partition coefficient (Wildman–Crippen LogP) is 8.69. The van der Waals surface area contributed by atoms with Crippen molar-refractivity contribution in [3.8, 4) is 17.2 Å². The van der Waals surface area contributed by atoms with Crippen molar-refractivity contribution in [1.82, 2.24) is 14.5 Å². The third kappa shape index (κ3) is 6.88. The smallest absolute Gasteiger partial charge is 0.358 e. The van der Waals surface area contributed by atoms with Crippen LogP contribution in [0.15, 0.2) is 60.7 Å². The zero-order valence-electron chi connectivity index (χ0n) is 29.1. The molecule has 2 aliphatic rings. The quantitative estimate of drug-likeness (QED) is 0.171. The number of rotatable bonds is 7. The fourth-order valence-corrected chi connectivity index (χ4v) is 8.14. The standard InChI is InChI=1S/C40H42N6O3S/c1-25-31(21-28(22-41)46(25)23-26-11-6-5-7-12-26)29-17-18-35(43-36(29)38(48)49-40(2,3)4)45-20-19-27-13-10-14-30(32(27)24-45)37(47)44-39-42-33-15-8-9-16-34(33)50-39/h8-10,13-18,21,26H,5-7,11-12,19-20,23-24H2,1-4H3,(H,42,44,47). The van der Waals surface area contributed by atoms with E-state index in [4.69, 9.17) is 9.72 Å². The summed E-state index contributed by atoms with van der Waals surface area (Å²) in [6.45, 7) is 9.47. The number of benzene rings is 2. The van der Waals surface area contributed by atoms with Gasteiger partial charge in [-0.1, -0.05) is 54.9 Å². The molecular weight excluding hydrogens is 645 g/mol. The summed E-state index contributed by atoms with van der Waals surface area (Å²) in [5.41, 5.74) is 5.97. The number of hydrogen-bond donors (Lipinski definition) is 1. The van der Waals surface area contributed by atoms with Crippen molar-refractivity contribution in [2.75, 3.05) is 16.8 Å². The van der Waals surface area contributed by atoms with Crippen LogP contribution in [-0.2, 0) is 24.2 Å². The molecule has 0 unspecified atom stereocenters. The van der Waals surface area contributed by atoms with E-state index in [-0.39, 0.29) is 11.6 Å². The van der Waals surface area contributed by atoms with E-state index in [1.807, 2.05) is 82.3 Å². The zero-order valence-corrected chi connectivity index (χ0v) is 29.9. The molecule has 256 valence electrons. The van der Waals surface area contributed by atoms with Crippen molar-refractivity contribution in [1.29, 1.82) is 5.26 Å². The minimum atomic E-state index is -0.721. The molecular formula is C40H42N6O3S. The second-order valence-corrected chi connectivity index (χ2v) is 15.4. The summed E-state index contributed by atoms with van der Waals surface area (Å²) in [5.74, 6) is 0.444. The fourth-order valence-electron chi connectivity index (χ4n) is 7.28. The van der Waals surface area contributed by atoms with Gasteiger partial charge >= 0.3 is 5.97 Å². The molecule has 1 aliphatic heterocycles. The van der Waals surface area contributed by atoms with E-state index in [1.54, 1.807) is 0 Å². The average Bonchev–Trinajstić information content (AvgIpc) is 3.66. The first-order valence-electron chi connectivity index (χ1n) is 17.5. The van der Waals surface area contributed by atoms with E-state index in [9.17, 15) is 14.9 Å². The van der Waals surface area contributed by atoms with Crippen LogP contribution in [0.3, 0.4) is 0 Å². The van der Waals surface area contributed by atoms with Crippen molar-refractivity contribution < 1.29 is 14.3 Å². The molecule has 0 saturated heterocycles. The molecule has 9 nitrogen and oxygen atoms in total. The van der Waals surface area contributed by atoms with Crippen LogP contribution in [0, 0.1) is 24.2 Å². The molecule has 3 aromatic heterocycles. The number of carbonyl (C=O) groups is 2. The number of thiazole rings is 1. The number of pyridine rings is 1. The number of anilines is 2. The normalized spacial score (nSPS) is 15.1. The Labute approximate surface area is 296 Å². The van der Waals surface area contributed by atoms with Crippen molar-refractivity contribution in [2.24, 2.45) is 5.92 Å². The maximum absolute atomic E-state index is 13.8. The van der Waals surface area contributed by atoms with Gasteiger partial charge in [0.25, 0.3) is 5.91 Å². The maximum atomic E-state index is 13.8. The molecule has 1 amide bonds. The number of hydrogen-bond acceptors (Lipinski definition) is 8. The Kier molecular flexibility index (Phi) is 9.19. The van der Waals surface area contributed by atoms with E-state index in [1.165, 1.54) is 43.4 Å². The van der Waals surface area contributed by atoms with Gasteiger partial charge in [-0.05, 0) is 100 Å². The van der Waals surface area contributed by atoms with Crippen molar-refractivity contribution >= 4 is 44.4 Å². The van der Waals surface area contributed by atoms with Crippen molar-refractivity contribution in [3.05, 3.63) is 94.4 Å². The van der Waals surface area contributed by atoms with Crippen molar-refractivity contribution in [3.63, 3.8) is 0 Å². The summed E-state index contributed by atoms with van der Waals surface area (Å²) in [6, 6.07) is 21.8. The van der Waals surface area contributed by atoms with Gasteiger partial charge in [0, 0.05) is 42.0 Å². The molecule has 10 heteroatoms. The Morgan fingerprint density at radius 3 is 2.58 bits per heavy atom. The number of nitrogens with zero attached hydrogens (tertiary/aromatic N) is 5. The number of amides is 1. The molecule has 7 rings (SSSR count).